The number of rotatable bonds is 7. The number of hydrogen-bond donors (Lipinski definition) is 1. The van der Waals surface area contributed by atoms with Crippen LogP contribution in [0, 0.1) is 5.82 Å². The van der Waals surface area contributed by atoms with E-state index in [1.54, 1.807) is 32.0 Å². The number of carbonyl (C=O) groups excluding carboxylic acids is 1. The lowest BCUT2D eigenvalue weighted by molar-refractivity contribution is 0.0947. The zero-order valence-corrected chi connectivity index (χ0v) is 15.0. The maximum atomic E-state index is 13.6. The molecule has 134 valence electrons. The minimum atomic E-state index is -3.50. The van der Waals surface area contributed by atoms with E-state index in [0.717, 1.165) is 5.56 Å². The molecule has 0 aromatic heterocycles. The van der Waals surface area contributed by atoms with Gasteiger partial charge in [-0.05, 0) is 29.8 Å². The van der Waals surface area contributed by atoms with Crippen molar-refractivity contribution in [3.8, 4) is 0 Å². The van der Waals surface area contributed by atoms with Crippen LogP contribution in [0.2, 0.25) is 0 Å². The Morgan fingerprint density at radius 1 is 1.04 bits per heavy atom. The summed E-state index contributed by atoms with van der Waals surface area (Å²) in [6.45, 7) is 4.55. The Kier molecular flexibility index (Phi) is 6.27. The summed E-state index contributed by atoms with van der Waals surface area (Å²) in [6, 6.07) is 12.0. The van der Waals surface area contributed by atoms with Gasteiger partial charge in [-0.3, -0.25) is 4.79 Å². The molecule has 0 aliphatic rings. The van der Waals surface area contributed by atoms with Gasteiger partial charge < -0.3 is 5.32 Å². The average molecular weight is 364 g/mol. The largest absolute Gasteiger partial charge is 0.348 e. The second kappa shape index (κ2) is 8.22. The molecule has 0 saturated heterocycles. The van der Waals surface area contributed by atoms with E-state index in [0.29, 0.717) is 13.1 Å². The van der Waals surface area contributed by atoms with Crippen molar-refractivity contribution >= 4 is 15.9 Å². The molecule has 7 heteroatoms. The van der Waals surface area contributed by atoms with Gasteiger partial charge in [0.15, 0.2) is 0 Å². The fraction of sp³-hybridized carbons (Fsp3) is 0.278. The molecule has 2 aromatic carbocycles. The summed E-state index contributed by atoms with van der Waals surface area (Å²) in [5.74, 6) is -1.10. The molecule has 0 aliphatic heterocycles. The first-order chi connectivity index (χ1) is 11.9. The minimum Gasteiger partial charge on any atom is -0.348 e. The molecule has 2 aromatic rings. The number of nitrogens with one attached hydrogen (secondary N) is 1. The normalized spacial score (nSPS) is 11.5. The topological polar surface area (TPSA) is 66.5 Å². The van der Waals surface area contributed by atoms with Gasteiger partial charge in [-0.25, -0.2) is 12.8 Å². The number of sulfonamides is 1. The molecular formula is C18H21FN2O3S. The second-order valence-electron chi connectivity index (χ2n) is 5.40. The summed E-state index contributed by atoms with van der Waals surface area (Å²) in [4.78, 5) is 12.2. The number of amides is 1. The highest BCUT2D eigenvalue weighted by Crippen LogP contribution is 2.16. The van der Waals surface area contributed by atoms with E-state index in [2.05, 4.69) is 5.32 Å². The molecule has 0 aliphatic carbocycles. The molecule has 0 atom stereocenters. The van der Waals surface area contributed by atoms with Crippen molar-refractivity contribution in [1.29, 1.82) is 0 Å². The summed E-state index contributed by atoms with van der Waals surface area (Å²) < 4.78 is 39.8. The van der Waals surface area contributed by atoms with Gasteiger partial charge in [-0.1, -0.05) is 38.1 Å². The van der Waals surface area contributed by atoms with Gasteiger partial charge >= 0.3 is 0 Å². The summed E-state index contributed by atoms with van der Waals surface area (Å²) in [7, 11) is -3.50. The molecule has 0 bridgehead atoms. The summed E-state index contributed by atoms with van der Waals surface area (Å²) in [6.07, 6.45) is 0. The van der Waals surface area contributed by atoms with Gasteiger partial charge in [0.25, 0.3) is 5.91 Å². The van der Waals surface area contributed by atoms with Gasteiger partial charge in [0.05, 0.1) is 10.5 Å². The number of halogens is 1. The number of nitrogens with zero attached hydrogens (tertiary/aromatic N) is 1. The molecule has 0 radical (unpaired) electrons. The Morgan fingerprint density at radius 3 is 2.20 bits per heavy atom. The first kappa shape index (κ1) is 19.1. The third kappa shape index (κ3) is 4.43. The predicted octanol–water partition coefficient (Wildman–Crippen LogP) is 2.79. The fourth-order valence-corrected chi connectivity index (χ4v) is 3.87. The molecule has 25 heavy (non-hydrogen) atoms. The minimum absolute atomic E-state index is 0.0248. The van der Waals surface area contributed by atoms with Gasteiger partial charge in [0, 0.05) is 19.6 Å². The van der Waals surface area contributed by atoms with Crippen LogP contribution in [0.5, 0.6) is 0 Å². The van der Waals surface area contributed by atoms with E-state index in [-0.39, 0.29) is 17.0 Å². The van der Waals surface area contributed by atoms with Gasteiger partial charge in [0.1, 0.15) is 5.82 Å². The monoisotopic (exact) mass is 364 g/mol. The van der Waals surface area contributed by atoms with Crippen LogP contribution in [-0.4, -0.2) is 31.7 Å². The number of carbonyl (C=O) groups is 1. The van der Waals surface area contributed by atoms with E-state index < -0.39 is 21.7 Å². The molecule has 5 nitrogen and oxygen atoms in total. The molecule has 0 saturated carbocycles. The standard InChI is InChI=1S/C18H21FN2O3S/c1-3-21(4-2)25(23,24)15-11-9-14(10-12-15)13-20-18(22)16-7-5-6-8-17(16)19/h5-12H,3-4,13H2,1-2H3,(H,20,22). The van der Waals surface area contributed by atoms with Crippen LogP contribution in [0.25, 0.3) is 0 Å². The smallest absolute Gasteiger partial charge is 0.254 e. The highest BCUT2D eigenvalue weighted by atomic mass is 32.2. The first-order valence-electron chi connectivity index (χ1n) is 8.02. The lowest BCUT2D eigenvalue weighted by atomic mass is 10.2. The Balaban J connectivity index is 2.06. The summed E-state index contributed by atoms with van der Waals surface area (Å²) in [5.41, 5.74) is 0.700. The maximum Gasteiger partial charge on any atom is 0.254 e. The van der Waals surface area contributed by atoms with Crippen molar-refractivity contribution in [2.75, 3.05) is 13.1 Å². The molecule has 1 amide bonds. The number of benzene rings is 2. The second-order valence-corrected chi connectivity index (χ2v) is 7.33. The third-order valence-corrected chi connectivity index (χ3v) is 5.90. The molecular weight excluding hydrogens is 343 g/mol. The molecule has 2 rings (SSSR count). The molecule has 1 N–H and O–H groups in total. The fourth-order valence-electron chi connectivity index (χ4n) is 2.41. The van der Waals surface area contributed by atoms with Crippen molar-refractivity contribution in [1.82, 2.24) is 9.62 Å². The number of hydrogen-bond acceptors (Lipinski definition) is 3. The third-order valence-electron chi connectivity index (χ3n) is 3.84. The zero-order valence-electron chi connectivity index (χ0n) is 14.2. The summed E-state index contributed by atoms with van der Waals surface area (Å²) in [5, 5.41) is 2.62. The predicted molar refractivity (Wildman–Crippen MR) is 94.1 cm³/mol. The van der Waals surface area contributed by atoms with Crippen molar-refractivity contribution in [3.63, 3.8) is 0 Å². The van der Waals surface area contributed by atoms with Crippen LogP contribution in [0.3, 0.4) is 0 Å². The van der Waals surface area contributed by atoms with E-state index in [1.165, 1.54) is 34.6 Å². The van der Waals surface area contributed by atoms with E-state index in [9.17, 15) is 17.6 Å². The molecule has 0 spiro atoms. The highest BCUT2D eigenvalue weighted by Gasteiger charge is 2.21. The van der Waals surface area contributed by atoms with Crippen molar-refractivity contribution in [3.05, 3.63) is 65.5 Å². The van der Waals surface area contributed by atoms with E-state index >= 15 is 0 Å². The average Bonchev–Trinajstić information content (AvgIpc) is 2.61. The Hall–Kier alpha value is -2.25. The Bertz CT molecular complexity index is 832. The SMILES string of the molecule is CCN(CC)S(=O)(=O)c1ccc(CNC(=O)c2ccccc2F)cc1. The quantitative estimate of drug-likeness (QED) is 0.821. The first-order valence-corrected chi connectivity index (χ1v) is 9.46. The lowest BCUT2D eigenvalue weighted by Crippen LogP contribution is -2.30. The molecule has 0 fully saturated rings. The molecule has 0 unspecified atom stereocenters. The summed E-state index contributed by atoms with van der Waals surface area (Å²) >= 11 is 0. The van der Waals surface area contributed by atoms with Crippen LogP contribution in [0.1, 0.15) is 29.8 Å². The maximum absolute atomic E-state index is 13.6. The zero-order chi connectivity index (χ0) is 18.4. The Morgan fingerprint density at radius 2 is 1.64 bits per heavy atom. The van der Waals surface area contributed by atoms with E-state index in [4.69, 9.17) is 0 Å². The van der Waals surface area contributed by atoms with Crippen LogP contribution >= 0.6 is 0 Å². The molecule has 0 heterocycles. The van der Waals surface area contributed by atoms with Crippen molar-refractivity contribution < 1.29 is 17.6 Å². The van der Waals surface area contributed by atoms with Crippen LogP contribution in [0.4, 0.5) is 4.39 Å². The Labute approximate surface area is 147 Å². The van der Waals surface area contributed by atoms with Crippen LogP contribution < -0.4 is 5.32 Å². The van der Waals surface area contributed by atoms with Gasteiger partial charge in [-0.15, -0.1) is 0 Å². The van der Waals surface area contributed by atoms with E-state index in [1.807, 2.05) is 0 Å². The van der Waals surface area contributed by atoms with Crippen LogP contribution in [-0.2, 0) is 16.6 Å². The lowest BCUT2D eigenvalue weighted by Gasteiger charge is -2.18. The van der Waals surface area contributed by atoms with Crippen LogP contribution in [0.15, 0.2) is 53.4 Å². The van der Waals surface area contributed by atoms with Gasteiger partial charge in [-0.2, -0.15) is 4.31 Å². The highest BCUT2D eigenvalue weighted by molar-refractivity contribution is 7.89. The van der Waals surface area contributed by atoms with Gasteiger partial charge in [0.2, 0.25) is 10.0 Å². The van der Waals surface area contributed by atoms with Crippen molar-refractivity contribution in [2.24, 2.45) is 0 Å². The van der Waals surface area contributed by atoms with Crippen molar-refractivity contribution in [2.45, 2.75) is 25.3 Å².